The minimum absolute atomic E-state index is 0.0438. The lowest BCUT2D eigenvalue weighted by atomic mass is 10.1. The van der Waals surface area contributed by atoms with E-state index in [4.69, 9.17) is 10.2 Å². The van der Waals surface area contributed by atoms with Crippen LogP contribution in [-0.2, 0) is 4.79 Å². The molecule has 0 radical (unpaired) electrons. The summed E-state index contributed by atoms with van der Waals surface area (Å²) in [6.45, 7) is 2.98. The molecule has 0 saturated carbocycles. The number of aromatic nitrogens is 1. The van der Waals surface area contributed by atoms with Crippen molar-refractivity contribution in [1.29, 1.82) is 0 Å². The van der Waals surface area contributed by atoms with Crippen molar-refractivity contribution in [2.75, 3.05) is 18.0 Å². The number of nitrogens with two attached hydrogens (primary N) is 1. The highest BCUT2D eigenvalue weighted by molar-refractivity contribution is 5.93. The molecule has 0 spiro atoms. The van der Waals surface area contributed by atoms with Crippen LogP contribution in [-0.4, -0.2) is 24.0 Å². The average Bonchev–Trinajstić information content (AvgIpc) is 2.71. The van der Waals surface area contributed by atoms with E-state index >= 15 is 0 Å². The Morgan fingerprint density at radius 2 is 2.57 bits per heavy atom. The third kappa shape index (κ3) is 1.50. The first-order valence-corrected chi connectivity index (χ1v) is 4.63. The molecular weight excluding hydrogens is 182 g/mol. The molecule has 14 heavy (non-hydrogen) atoms. The molecule has 76 valence electrons. The van der Waals surface area contributed by atoms with Gasteiger partial charge in [-0.2, -0.15) is 4.98 Å². The van der Waals surface area contributed by atoms with E-state index in [1.807, 2.05) is 6.92 Å². The van der Waals surface area contributed by atoms with Crippen LogP contribution in [0.1, 0.15) is 12.1 Å². The fraction of sp³-hybridized carbons (Fsp3) is 0.556. The molecule has 1 aliphatic heterocycles. The van der Waals surface area contributed by atoms with Gasteiger partial charge in [0, 0.05) is 13.0 Å². The van der Waals surface area contributed by atoms with Crippen molar-refractivity contribution in [3.05, 3.63) is 12.0 Å². The molecule has 1 atom stereocenters. The highest BCUT2D eigenvalue weighted by atomic mass is 16.4. The van der Waals surface area contributed by atoms with E-state index in [1.165, 1.54) is 0 Å². The smallest absolute Gasteiger partial charge is 0.304 e. The molecule has 2 N–H and O–H groups in total. The Bertz CT molecular complexity index is 348. The molecule has 5 nitrogen and oxygen atoms in total. The van der Waals surface area contributed by atoms with Crippen molar-refractivity contribution in [2.45, 2.75) is 13.3 Å². The average molecular weight is 195 g/mol. The third-order valence-electron chi connectivity index (χ3n) is 2.38. The van der Waals surface area contributed by atoms with Gasteiger partial charge in [0.15, 0.2) is 0 Å². The monoisotopic (exact) mass is 195 g/mol. The first-order valence-electron chi connectivity index (χ1n) is 4.63. The minimum atomic E-state index is 0.0438. The summed E-state index contributed by atoms with van der Waals surface area (Å²) in [7, 11) is 0. The topological polar surface area (TPSA) is 72.4 Å². The zero-order valence-electron chi connectivity index (χ0n) is 8.06. The van der Waals surface area contributed by atoms with Gasteiger partial charge in [-0.3, -0.25) is 9.69 Å². The molecule has 1 aliphatic rings. The van der Waals surface area contributed by atoms with Crippen LogP contribution in [0.2, 0.25) is 0 Å². The second kappa shape index (κ2) is 3.42. The van der Waals surface area contributed by atoms with Gasteiger partial charge in [-0.25, -0.2) is 0 Å². The molecule has 1 aromatic rings. The van der Waals surface area contributed by atoms with Crippen LogP contribution < -0.4 is 10.6 Å². The van der Waals surface area contributed by atoms with Gasteiger partial charge in [-0.1, -0.05) is 0 Å². The lowest BCUT2D eigenvalue weighted by molar-refractivity contribution is -0.117. The van der Waals surface area contributed by atoms with Gasteiger partial charge < -0.3 is 10.2 Å². The maximum absolute atomic E-state index is 11.5. The molecular formula is C9H13N3O2. The van der Waals surface area contributed by atoms with E-state index in [0.717, 1.165) is 5.69 Å². The van der Waals surface area contributed by atoms with Crippen molar-refractivity contribution in [2.24, 2.45) is 11.7 Å². The van der Waals surface area contributed by atoms with Gasteiger partial charge in [0.25, 0.3) is 0 Å². The van der Waals surface area contributed by atoms with Gasteiger partial charge in [0.2, 0.25) is 5.91 Å². The number of anilines is 1. The Balaban J connectivity index is 2.16. The summed E-state index contributed by atoms with van der Waals surface area (Å²) in [6, 6.07) is 0.392. The number of aryl methyl sites for hydroxylation is 1. The molecule has 1 fully saturated rings. The predicted molar refractivity (Wildman–Crippen MR) is 50.8 cm³/mol. The van der Waals surface area contributed by atoms with Crippen LogP contribution in [0.5, 0.6) is 0 Å². The van der Waals surface area contributed by atoms with Crippen molar-refractivity contribution in [1.82, 2.24) is 4.98 Å². The van der Waals surface area contributed by atoms with Gasteiger partial charge in [0.1, 0.15) is 6.26 Å². The summed E-state index contributed by atoms with van der Waals surface area (Å²) in [6.07, 6.45) is 2.04. The number of carbonyl (C=O) groups excluding carboxylic acids is 1. The Morgan fingerprint density at radius 1 is 1.79 bits per heavy atom. The van der Waals surface area contributed by atoms with E-state index in [0.29, 0.717) is 25.5 Å². The number of amides is 1. The SMILES string of the molecule is Cc1coc(N2CC(CN)CC2=O)n1. The number of rotatable bonds is 2. The number of carbonyl (C=O) groups is 1. The first kappa shape index (κ1) is 9.21. The quantitative estimate of drug-likeness (QED) is 0.736. The normalized spacial score (nSPS) is 22.0. The molecule has 0 bridgehead atoms. The summed E-state index contributed by atoms with van der Waals surface area (Å²) in [5.74, 6) is 0.275. The molecule has 5 heteroatoms. The molecule has 1 saturated heterocycles. The van der Waals surface area contributed by atoms with Crippen molar-refractivity contribution < 1.29 is 9.21 Å². The number of nitrogens with zero attached hydrogens (tertiary/aromatic N) is 2. The van der Waals surface area contributed by atoms with Crippen LogP contribution in [0.15, 0.2) is 10.7 Å². The van der Waals surface area contributed by atoms with E-state index in [9.17, 15) is 4.79 Å². The molecule has 2 rings (SSSR count). The van der Waals surface area contributed by atoms with Crippen molar-refractivity contribution in [3.63, 3.8) is 0 Å². The number of oxazole rings is 1. The number of hydrogen-bond donors (Lipinski definition) is 1. The Hall–Kier alpha value is -1.36. The standard InChI is InChI=1S/C9H13N3O2/c1-6-5-14-9(11-6)12-4-7(3-10)2-8(12)13/h5,7H,2-4,10H2,1H3. The van der Waals surface area contributed by atoms with Gasteiger partial charge in [0.05, 0.1) is 5.69 Å². The van der Waals surface area contributed by atoms with Crippen LogP contribution in [0.25, 0.3) is 0 Å². The number of hydrogen-bond acceptors (Lipinski definition) is 4. The fourth-order valence-electron chi connectivity index (χ4n) is 1.59. The summed E-state index contributed by atoms with van der Waals surface area (Å²) in [4.78, 5) is 17.2. The maximum atomic E-state index is 11.5. The molecule has 2 heterocycles. The largest absolute Gasteiger partial charge is 0.431 e. The maximum Gasteiger partial charge on any atom is 0.304 e. The molecule has 0 aromatic carbocycles. The molecule has 1 unspecified atom stereocenters. The van der Waals surface area contributed by atoms with Crippen LogP contribution in [0.3, 0.4) is 0 Å². The van der Waals surface area contributed by atoms with E-state index in [2.05, 4.69) is 4.98 Å². The van der Waals surface area contributed by atoms with Crippen molar-refractivity contribution in [3.8, 4) is 0 Å². The summed E-state index contributed by atoms with van der Waals surface area (Å²) >= 11 is 0. The summed E-state index contributed by atoms with van der Waals surface area (Å²) in [5.41, 5.74) is 6.29. The highest BCUT2D eigenvalue weighted by Crippen LogP contribution is 2.23. The summed E-state index contributed by atoms with van der Waals surface area (Å²) in [5, 5.41) is 0. The third-order valence-corrected chi connectivity index (χ3v) is 2.38. The van der Waals surface area contributed by atoms with Crippen molar-refractivity contribution >= 4 is 11.9 Å². The van der Waals surface area contributed by atoms with Crippen LogP contribution in [0, 0.1) is 12.8 Å². The Morgan fingerprint density at radius 3 is 3.07 bits per heavy atom. The van der Waals surface area contributed by atoms with Gasteiger partial charge in [-0.05, 0) is 19.4 Å². The highest BCUT2D eigenvalue weighted by Gasteiger charge is 2.32. The Kier molecular flexibility index (Phi) is 2.25. The van der Waals surface area contributed by atoms with Gasteiger partial charge in [-0.15, -0.1) is 0 Å². The van der Waals surface area contributed by atoms with Crippen LogP contribution in [0.4, 0.5) is 6.01 Å². The fourth-order valence-corrected chi connectivity index (χ4v) is 1.59. The molecule has 0 aliphatic carbocycles. The van der Waals surface area contributed by atoms with Crippen LogP contribution >= 0.6 is 0 Å². The molecule has 1 aromatic heterocycles. The van der Waals surface area contributed by atoms with Gasteiger partial charge >= 0.3 is 6.01 Å². The minimum Gasteiger partial charge on any atom is -0.431 e. The Labute approximate surface area is 81.9 Å². The predicted octanol–water partition coefficient (Wildman–Crippen LogP) is 0.295. The zero-order chi connectivity index (χ0) is 10.1. The lowest BCUT2D eigenvalue weighted by Crippen LogP contribution is -2.25. The van der Waals surface area contributed by atoms with E-state index in [1.54, 1.807) is 11.2 Å². The second-order valence-electron chi connectivity index (χ2n) is 3.58. The first-order chi connectivity index (χ1) is 6.70. The molecule has 1 amide bonds. The van der Waals surface area contributed by atoms with E-state index in [-0.39, 0.29) is 11.8 Å². The lowest BCUT2D eigenvalue weighted by Gasteiger charge is -2.10. The second-order valence-corrected chi connectivity index (χ2v) is 3.58. The van der Waals surface area contributed by atoms with E-state index < -0.39 is 0 Å². The zero-order valence-corrected chi connectivity index (χ0v) is 8.06. The summed E-state index contributed by atoms with van der Waals surface area (Å²) < 4.78 is 5.16.